The molecule has 1 aromatic rings. The summed E-state index contributed by atoms with van der Waals surface area (Å²) in [5.74, 6) is -0.614. The molecule has 1 N–H and O–H groups in total. The Morgan fingerprint density at radius 1 is 1.09 bits per heavy atom. The first kappa shape index (κ1) is 30.7. The van der Waals surface area contributed by atoms with Gasteiger partial charge in [0.2, 0.25) is 0 Å². The van der Waals surface area contributed by atoms with E-state index in [9.17, 15) is 4.79 Å². The number of allylic oxidation sites excluding steroid dienone is 4. The van der Waals surface area contributed by atoms with Crippen LogP contribution in [0.1, 0.15) is 34.8 Å². The first-order valence-electron chi connectivity index (χ1n) is 6.72. The Labute approximate surface area is 175 Å². The maximum absolute atomic E-state index is 10.6. The first-order valence-corrected chi connectivity index (χ1v) is 9.03. The van der Waals surface area contributed by atoms with Gasteiger partial charge in [0, 0.05) is 9.52 Å². The van der Waals surface area contributed by atoms with Crippen molar-refractivity contribution in [3.05, 3.63) is 64.4 Å². The molecule has 1 aliphatic carbocycles. The standard InChI is InChI=1S/C9H11NO.C6H7.C2H7Si.2ClH.Zr/c1-6-3-7(2)5-8(4-6)9(10)11;1-6-4-2-3-5-6;1-3-2;;;/h3-5H,1-2H3,(H2,10,11);4-5H,2H2,1H3;3H,1-2H3;2*1H;/q;-1;;;;+4/p-3. The molecule has 2 rings (SSSR count). The third-order valence-electron chi connectivity index (χ3n) is 2.36. The van der Waals surface area contributed by atoms with Crippen molar-refractivity contribution in [1.82, 2.24) is 0 Å². The number of carbonyl (C=O) groups excluding carboxylic acids is 1. The average Bonchev–Trinajstić information content (AvgIpc) is 2.81. The molecule has 1 aromatic carbocycles. The van der Waals surface area contributed by atoms with E-state index in [2.05, 4.69) is 32.2 Å². The molecule has 0 fully saturated rings. The smallest absolute Gasteiger partial charge is 1.00 e. The summed E-state index contributed by atoms with van der Waals surface area (Å²) in [7, 11) is 0.750. The van der Waals surface area contributed by atoms with Gasteiger partial charge >= 0.3 is 26.2 Å². The molecule has 0 atom stereocenters. The summed E-state index contributed by atoms with van der Waals surface area (Å²) in [6, 6.07) is 5.43. The summed E-state index contributed by atoms with van der Waals surface area (Å²) in [6.07, 6.45) is 8.24. The quantitative estimate of drug-likeness (QED) is 0.390. The second kappa shape index (κ2) is 18.2. The van der Waals surface area contributed by atoms with Crippen molar-refractivity contribution >= 4 is 15.4 Å². The normalized spacial score (nSPS) is 10.2. The van der Waals surface area contributed by atoms with Crippen molar-refractivity contribution in [3.8, 4) is 0 Å². The van der Waals surface area contributed by atoms with Crippen molar-refractivity contribution in [1.29, 1.82) is 0 Å². The number of hydrogen-bond donors (Lipinski definition) is 0. The van der Waals surface area contributed by atoms with Gasteiger partial charge in [0.05, 0.1) is 5.91 Å². The van der Waals surface area contributed by atoms with Crippen molar-refractivity contribution in [3.63, 3.8) is 0 Å². The number of carbonyl (C=O) groups is 1. The number of nitrogens with one attached hydrogen (secondary N) is 1. The van der Waals surface area contributed by atoms with E-state index in [0.717, 1.165) is 27.1 Å². The van der Waals surface area contributed by atoms with Crippen molar-refractivity contribution in [2.75, 3.05) is 0 Å². The molecule has 0 aliphatic heterocycles. The van der Waals surface area contributed by atoms with Crippen LogP contribution in [0, 0.1) is 19.9 Å². The molecular formula is C17H24Cl2NOSiZr. The molecule has 6 heteroatoms. The maximum Gasteiger partial charge on any atom is 4.00 e. The van der Waals surface area contributed by atoms with E-state index in [1.165, 1.54) is 5.57 Å². The van der Waals surface area contributed by atoms with E-state index in [1.54, 1.807) is 12.1 Å². The first-order chi connectivity index (χ1) is 9.40. The minimum absolute atomic E-state index is 0. The summed E-state index contributed by atoms with van der Waals surface area (Å²) < 4.78 is 0. The van der Waals surface area contributed by atoms with Crippen LogP contribution in [-0.2, 0) is 26.2 Å². The predicted molar refractivity (Wildman–Crippen MR) is 89.6 cm³/mol. The van der Waals surface area contributed by atoms with Crippen LogP contribution in [0.4, 0.5) is 0 Å². The van der Waals surface area contributed by atoms with Crippen LogP contribution in [0.5, 0.6) is 0 Å². The second-order valence-corrected chi connectivity index (χ2v) is 5.94. The Morgan fingerprint density at radius 3 is 1.74 bits per heavy atom. The zero-order chi connectivity index (χ0) is 15.5. The zero-order valence-electron chi connectivity index (χ0n) is 14.3. The van der Waals surface area contributed by atoms with Gasteiger partial charge in [-0.3, -0.25) is 6.08 Å². The van der Waals surface area contributed by atoms with Gasteiger partial charge < -0.3 is 35.3 Å². The van der Waals surface area contributed by atoms with Crippen LogP contribution in [0.15, 0.2) is 35.9 Å². The average molecular weight is 449 g/mol. The fourth-order valence-corrected chi connectivity index (χ4v) is 1.60. The maximum atomic E-state index is 10.6. The molecule has 0 saturated carbocycles. The summed E-state index contributed by atoms with van der Waals surface area (Å²) in [6.45, 7) is 10.3. The minimum Gasteiger partial charge on any atom is -1.00 e. The fraction of sp³-hybridized carbons (Fsp3) is 0.353. The van der Waals surface area contributed by atoms with Crippen LogP contribution < -0.4 is 24.8 Å². The van der Waals surface area contributed by atoms with E-state index in [0.29, 0.717) is 5.56 Å². The SMILES string of the molecule is CC1=CC[C-]=C1.C[SiH]C.Cc1cc(C)cc(C([NH-])=O)c1.[Cl-].[Cl-].[Zr+4]. The number of rotatable bonds is 1. The van der Waals surface area contributed by atoms with Crippen molar-refractivity contribution in [2.24, 2.45) is 0 Å². The molecule has 1 amide bonds. The number of amides is 1. The molecule has 0 spiro atoms. The summed E-state index contributed by atoms with van der Waals surface area (Å²) in [5, 5.41) is 0. The van der Waals surface area contributed by atoms with Gasteiger partial charge in [-0.15, -0.1) is 13.3 Å². The van der Waals surface area contributed by atoms with E-state index >= 15 is 0 Å². The molecule has 23 heavy (non-hydrogen) atoms. The van der Waals surface area contributed by atoms with Gasteiger partial charge in [0.15, 0.2) is 0 Å². The molecule has 1 aliphatic rings. The molecule has 2 nitrogen and oxygen atoms in total. The predicted octanol–water partition coefficient (Wildman–Crippen LogP) is -1.28. The molecule has 0 saturated heterocycles. The number of aryl methyl sites for hydroxylation is 2. The number of halogens is 2. The van der Waals surface area contributed by atoms with Crippen LogP contribution in [0.2, 0.25) is 13.1 Å². The second-order valence-electron chi connectivity index (χ2n) is 4.78. The third-order valence-corrected chi connectivity index (χ3v) is 2.36. The fourth-order valence-electron chi connectivity index (χ4n) is 1.60. The molecule has 1 radical (unpaired) electrons. The van der Waals surface area contributed by atoms with E-state index in [4.69, 9.17) is 5.73 Å². The van der Waals surface area contributed by atoms with E-state index < -0.39 is 5.91 Å². The Bertz CT molecular complexity index is 482. The van der Waals surface area contributed by atoms with Crippen LogP contribution >= 0.6 is 0 Å². The van der Waals surface area contributed by atoms with Gasteiger partial charge in [0.1, 0.15) is 0 Å². The van der Waals surface area contributed by atoms with Crippen molar-refractivity contribution < 1.29 is 55.8 Å². The largest absolute Gasteiger partial charge is 4.00 e. The third kappa shape index (κ3) is 16.5. The topological polar surface area (TPSA) is 40.9 Å². The Hall–Kier alpha value is -0.150. The monoisotopic (exact) mass is 446 g/mol. The molecule has 0 bridgehead atoms. The summed E-state index contributed by atoms with van der Waals surface area (Å²) in [4.78, 5) is 10.6. The summed E-state index contributed by atoms with van der Waals surface area (Å²) >= 11 is 0. The van der Waals surface area contributed by atoms with E-state index in [1.807, 2.05) is 26.0 Å². The van der Waals surface area contributed by atoms with Crippen LogP contribution in [0.25, 0.3) is 5.73 Å². The van der Waals surface area contributed by atoms with Gasteiger partial charge in [0.25, 0.3) is 0 Å². The Morgan fingerprint density at radius 2 is 1.52 bits per heavy atom. The van der Waals surface area contributed by atoms with Crippen molar-refractivity contribution in [2.45, 2.75) is 40.3 Å². The molecular weight excluding hydrogens is 424 g/mol. The van der Waals surface area contributed by atoms with Crippen LogP contribution in [0.3, 0.4) is 0 Å². The summed E-state index contributed by atoms with van der Waals surface area (Å²) in [5.41, 5.74) is 10.7. The van der Waals surface area contributed by atoms with Crippen LogP contribution in [-0.4, -0.2) is 15.4 Å². The number of benzene rings is 1. The van der Waals surface area contributed by atoms with Gasteiger partial charge in [-0.1, -0.05) is 42.4 Å². The van der Waals surface area contributed by atoms with Gasteiger partial charge in [-0.25, -0.2) is 11.6 Å². The molecule has 0 aromatic heterocycles. The zero-order valence-corrected chi connectivity index (χ0v) is 19.5. The van der Waals surface area contributed by atoms with E-state index in [-0.39, 0.29) is 51.0 Å². The van der Waals surface area contributed by atoms with Gasteiger partial charge in [-0.05, 0) is 19.4 Å². The molecule has 0 heterocycles. The minimum atomic E-state index is -0.614. The van der Waals surface area contributed by atoms with Gasteiger partial charge in [-0.2, -0.15) is 6.08 Å². The Kier molecular flexibility index (Phi) is 24.3. The molecule has 125 valence electrons. The number of hydrogen-bond acceptors (Lipinski definition) is 1. The molecule has 0 unspecified atom stereocenters. The Balaban J connectivity index is -0.000000130.